The fourth-order valence-corrected chi connectivity index (χ4v) is 37.9. The Balaban J connectivity index is -0.000000113. The SMILES string of the molecule is C1CCC(CC2CCCC2)C1.C1CCC(CC2CCCC2)C1.C=C[SiH](C=C)C=C.C=C[Si](C=C)(CCC1([SiH](C)C)CCCC1)CC[Si](C)(C)C1CCCC1.C=C[Si](CC)(CC)CCC1([SiH](C)C)CCCC1.CC[Si](C)(C)C1CCCC1.[CH3-].[CH3-].[CH3-].[CH3-].[CH3-].[CH3-].[CH3-].[CH3-].[Fe+2].[Fe+2].[Fe+2].[Fe+2]. The first-order chi connectivity index (χ1) is 38.7. The van der Waals surface area contributed by atoms with Crippen LogP contribution in [0, 0.1) is 83.1 Å². The minimum Gasteiger partial charge on any atom is -0.358 e. The molecule has 0 nitrogen and oxygen atoms in total. The van der Waals surface area contributed by atoms with E-state index in [1.165, 1.54) is 184 Å². The van der Waals surface area contributed by atoms with Crippen LogP contribution in [-0.2, 0) is 68.3 Å². The zero-order valence-electron chi connectivity index (χ0n) is 66.7. The van der Waals surface area contributed by atoms with Gasteiger partial charge in [0.05, 0.1) is 24.2 Å². The minimum atomic E-state index is -1.48. The third-order valence-corrected chi connectivity index (χ3v) is 52.2. The molecule has 8 fully saturated rings. The molecule has 558 valence electrons. The van der Waals surface area contributed by atoms with Gasteiger partial charge in [0.2, 0.25) is 0 Å². The second-order valence-corrected chi connectivity index (χ2v) is 61.3. The summed E-state index contributed by atoms with van der Waals surface area (Å²) in [5.41, 5.74) is 15.3. The van der Waals surface area contributed by atoms with Gasteiger partial charge in [0.15, 0.2) is 0 Å². The van der Waals surface area contributed by atoms with Gasteiger partial charge in [-0.25, -0.2) is 0 Å². The van der Waals surface area contributed by atoms with E-state index in [0.29, 0.717) is 0 Å². The number of hydrogen-bond acceptors (Lipinski definition) is 0. The van der Waals surface area contributed by atoms with Gasteiger partial charge in [-0.05, 0) is 57.7 Å². The minimum absolute atomic E-state index is 0. The van der Waals surface area contributed by atoms with E-state index in [0.717, 1.165) is 44.8 Å². The Hall–Kier alpha value is 2.04. The van der Waals surface area contributed by atoms with E-state index in [1.54, 1.807) is 89.9 Å². The van der Waals surface area contributed by atoms with E-state index in [9.17, 15) is 0 Å². The number of hydrogen-bond donors (Lipinski definition) is 0. The van der Waals surface area contributed by atoms with Gasteiger partial charge in [-0.2, -0.15) is 0 Å². The molecule has 0 unspecified atom stereocenters. The van der Waals surface area contributed by atoms with Crippen LogP contribution in [0.2, 0.25) is 116 Å². The Morgan fingerprint density at radius 3 is 0.839 bits per heavy atom. The van der Waals surface area contributed by atoms with E-state index in [1.807, 2.05) is 17.1 Å². The Morgan fingerprint density at radius 2 is 0.613 bits per heavy atom. The van der Waals surface area contributed by atoms with Crippen molar-refractivity contribution in [2.45, 2.75) is 368 Å². The Bertz CT molecular complexity index is 1610. The predicted octanol–water partition coefficient (Wildman–Crippen LogP) is 29.3. The molecule has 8 aliphatic carbocycles. The van der Waals surface area contributed by atoms with Crippen LogP contribution in [0.1, 0.15) is 252 Å². The average Bonchev–Trinajstić information content (AvgIpc) is 2.94. The van der Waals surface area contributed by atoms with Crippen molar-refractivity contribution >= 4 is 58.7 Å². The van der Waals surface area contributed by atoms with E-state index < -0.39 is 58.7 Å². The maximum atomic E-state index is 4.33. The molecule has 0 bridgehead atoms. The summed E-state index contributed by atoms with van der Waals surface area (Å²) in [6.45, 7) is 51.7. The second kappa shape index (κ2) is 62.6. The normalized spacial score (nSPS) is 19.2. The van der Waals surface area contributed by atoms with Crippen LogP contribution in [0.25, 0.3) is 0 Å². The number of rotatable bonds is 26. The van der Waals surface area contributed by atoms with Crippen LogP contribution in [0.15, 0.2) is 73.7 Å². The summed E-state index contributed by atoms with van der Waals surface area (Å²) in [6, 6.07) is 10.2. The molecule has 0 aromatic carbocycles. The largest absolute Gasteiger partial charge is 2.00 e. The molecule has 0 saturated heterocycles. The molecule has 0 heterocycles. The van der Waals surface area contributed by atoms with E-state index >= 15 is 0 Å². The monoisotopic (exact) mass is 1570 g/mol. The molecular weight excluding hydrogens is 1400 g/mol. The molecule has 8 saturated carbocycles. The summed E-state index contributed by atoms with van der Waals surface area (Å²) in [5.74, 6) is 4.55. The summed E-state index contributed by atoms with van der Waals surface area (Å²) in [5, 5.41) is 1.59. The molecule has 11 heteroatoms. The molecule has 0 spiro atoms. The van der Waals surface area contributed by atoms with Gasteiger partial charge in [-0.1, -0.05) is 362 Å². The molecule has 0 aliphatic heterocycles. The van der Waals surface area contributed by atoms with Gasteiger partial charge in [-0.3, -0.25) is 0 Å². The summed E-state index contributed by atoms with van der Waals surface area (Å²) >= 11 is 0. The van der Waals surface area contributed by atoms with Crippen molar-refractivity contribution in [3.8, 4) is 0 Å². The van der Waals surface area contributed by atoms with Crippen molar-refractivity contribution in [2.75, 3.05) is 0 Å². The fraction of sp³-hybridized carbons (Fsp3) is 0.756. The van der Waals surface area contributed by atoms with Gasteiger partial charge in [-0.15, -0.1) is 45.2 Å². The maximum absolute atomic E-state index is 4.33. The van der Waals surface area contributed by atoms with Gasteiger partial charge >= 0.3 is 68.3 Å². The van der Waals surface area contributed by atoms with Crippen molar-refractivity contribution in [3.05, 3.63) is 133 Å². The first-order valence-corrected chi connectivity index (χ1v) is 56.1. The van der Waals surface area contributed by atoms with Crippen LogP contribution in [-0.4, -0.2) is 58.7 Å². The Kier molecular flexibility index (Phi) is 78.2. The van der Waals surface area contributed by atoms with Crippen molar-refractivity contribution in [1.29, 1.82) is 0 Å². The topological polar surface area (TPSA) is 0 Å². The third kappa shape index (κ3) is 41.2. The van der Waals surface area contributed by atoms with Crippen LogP contribution < -0.4 is 0 Å². The van der Waals surface area contributed by atoms with Crippen LogP contribution in [0.3, 0.4) is 0 Å². The van der Waals surface area contributed by atoms with Gasteiger partial charge in [0.25, 0.3) is 0 Å². The van der Waals surface area contributed by atoms with Crippen molar-refractivity contribution < 1.29 is 68.3 Å². The van der Waals surface area contributed by atoms with Gasteiger partial charge in [0, 0.05) is 17.6 Å². The van der Waals surface area contributed by atoms with Crippen molar-refractivity contribution in [2.24, 2.45) is 23.7 Å². The Labute approximate surface area is 645 Å². The average molecular weight is 1580 g/mol. The zero-order chi connectivity index (χ0) is 59.8. The van der Waals surface area contributed by atoms with Crippen LogP contribution in [0.5, 0.6) is 0 Å². The molecule has 0 radical (unpaired) electrons. The van der Waals surface area contributed by atoms with E-state index in [4.69, 9.17) is 0 Å². The molecule has 0 atom stereocenters. The molecule has 0 amide bonds. The first-order valence-electron chi connectivity index (χ1n) is 36.5. The molecule has 8 rings (SSSR count). The van der Waals surface area contributed by atoms with Crippen molar-refractivity contribution in [1.82, 2.24) is 0 Å². The molecule has 0 N–H and O–H groups in total. The maximum Gasteiger partial charge on any atom is 2.00 e. The summed E-state index contributed by atoms with van der Waals surface area (Å²) in [4.78, 5) is 0. The third-order valence-electron chi connectivity index (χ3n) is 25.6. The van der Waals surface area contributed by atoms with Crippen LogP contribution in [0.4, 0.5) is 0 Å². The molecule has 0 aromatic rings. The molecule has 8 aliphatic rings. The quantitative estimate of drug-likeness (QED) is 0.0598. The fourth-order valence-electron chi connectivity index (χ4n) is 17.7. The summed E-state index contributed by atoms with van der Waals surface area (Å²) in [6.07, 6.45) is 55.1. The molecule has 93 heavy (non-hydrogen) atoms. The predicted molar refractivity (Wildman–Crippen MR) is 448 cm³/mol. The van der Waals surface area contributed by atoms with Crippen molar-refractivity contribution in [3.63, 3.8) is 0 Å². The summed E-state index contributed by atoms with van der Waals surface area (Å²) in [7, 11) is -6.33. The van der Waals surface area contributed by atoms with E-state index in [-0.39, 0.29) is 128 Å². The molecule has 0 aromatic heterocycles. The zero-order valence-corrected chi connectivity index (χ0v) is 78.6. The summed E-state index contributed by atoms with van der Waals surface area (Å²) < 4.78 is 0. The first kappa shape index (κ1) is 116. The Morgan fingerprint density at radius 1 is 0.344 bits per heavy atom. The van der Waals surface area contributed by atoms with Gasteiger partial charge < -0.3 is 59.4 Å². The van der Waals surface area contributed by atoms with Gasteiger partial charge in [0.1, 0.15) is 16.9 Å². The molecular formula is C82H170Fe4Si7. The smallest absolute Gasteiger partial charge is 0.358 e. The van der Waals surface area contributed by atoms with Crippen LogP contribution >= 0.6 is 0 Å². The second-order valence-electron chi connectivity index (χ2n) is 31.5. The standard InChI is InChI=1S/C22H44Si3.C15H32Si2.2C11H20.C9H20Si.C6H10Si.8CH3.4Fe/c1-7-25(8-2,18-17-22(23(3)4)15-11-12-16-22)20-19-24(5,6)21-13-9-10-14-21;1-6-17(7-2,8-3)14-13-15(16(4)5)11-9-10-12-15;2*1-2-6-10(5-1)9-11-7-3-4-8-11;1-4-10(2,3)9-7-5-6-8-9;1-4-7(5-2)6-3;;;;;;;;;;;;/h7-8,21,23H,1-2,9-20H2,3-6H3;6,16H,1,7-14H2,2-5H3;2*10-11H,1-9H2;9H,4-8H2,1-3H3;4-7H,1-3H2;8*1H3;;;;/q;;;;;;8*-1;4*+2. The van der Waals surface area contributed by atoms with E-state index in [2.05, 4.69) is 130 Å².